The number of hydrogen-bond donors (Lipinski definition) is 0. The molecule has 148 valence electrons. The second kappa shape index (κ2) is 7.81. The highest BCUT2D eigenvalue weighted by Gasteiger charge is 2.23. The number of anilines is 1. The zero-order valence-electron chi connectivity index (χ0n) is 16.3. The Kier molecular flexibility index (Phi) is 5.23. The Morgan fingerprint density at radius 2 is 1.89 bits per heavy atom. The minimum Gasteiger partial charge on any atom is -0.497 e. The molecule has 0 saturated carbocycles. The smallest absolute Gasteiger partial charge is 0.308 e. The molecule has 1 saturated heterocycles. The van der Waals surface area contributed by atoms with Gasteiger partial charge in [-0.15, -0.1) is 0 Å². The summed E-state index contributed by atoms with van der Waals surface area (Å²) in [5, 5.41) is 5.53. The second-order valence-electron chi connectivity index (χ2n) is 6.99. The summed E-state index contributed by atoms with van der Waals surface area (Å²) >= 11 is 1.48. The Labute approximate surface area is 168 Å². The third-order valence-electron chi connectivity index (χ3n) is 4.92. The van der Waals surface area contributed by atoms with Crippen LogP contribution in [-0.4, -0.2) is 61.0 Å². The molecular formula is C20H24N4O3S. The number of benzene rings is 1. The first kappa shape index (κ1) is 18.8. The highest BCUT2D eigenvalue weighted by atomic mass is 32.1. The fraction of sp³-hybridized carbons (Fsp3) is 0.400. The van der Waals surface area contributed by atoms with E-state index in [9.17, 15) is 4.79 Å². The van der Waals surface area contributed by atoms with E-state index in [1.165, 1.54) is 18.3 Å². The molecule has 3 aromatic rings. The average molecular weight is 401 g/mol. The van der Waals surface area contributed by atoms with Crippen LogP contribution < -0.4 is 14.4 Å². The van der Waals surface area contributed by atoms with Gasteiger partial charge in [0.2, 0.25) is 0 Å². The van der Waals surface area contributed by atoms with Crippen molar-refractivity contribution in [3.63, 3.8) is 0 Å². The van der Waals surface area contributed by atoms with Crippen molar-refractivity contribution in [1.29, 1.82) is 0 Å². The molecule has 0 spiro atoms. The topological polar surface area (TPSA) is 59.8 Å². The number of nitrogens with zero attached hydrogens (tertiary/aromatic N) is 4. The van der Waals surface area contributed by atoms with Gasteiger partial charge in [0, 0.05) is 39.2 Å². The predicted octanol–water partition coefficient (Wildman–Crippen LogP) is 2.83. The van der Waals surface area contributed by atoms with E-state index in [-0.39, 0.29) is 5.97 Å². The molecule has 0 radical (unpaired) electrons. The molecule has 0 aliphatic carbocycles. The summed E-state index contributed by atoms with van der Waals surface area (Å²) in [5.41, 5.74) is 2.13. The average Bonchev–Trinajstić information content (AvgIpc) is 3.22. The number of methoxy groups -OCH3 is 1. The van der Waals surface area contributed by atoms with Crippen LogP contribution in [0.25, 0.3) is 10.2 Å². The molecule has 4 rings (SSSR count). The van der Waals surface area contributed by atoms with Gasteiger partial charge >= 0.3 is 5.97 Å². The number of rotatable bonds is 5. The van der Waals surface area contributed by atoms with Crippen molar-refractivity contribution in [1.82, 2.24) is 14.7 Å². The first-order valence-corrected chi connectivity index (χ1v) is 10.1. The van der Waals surface area contributed by atoms with E-state index in [0.717, 1.165) is 53.5 Å². The molecule has 0 bridgehead atoms. The van der Waals surface area contributed by atoms with Gasteiger partial charge in [-0.05, 0) is 24.7 Å². The van der Waals surface area contributed by atoms with Gasteiger partial charge in [0.25, 0.3) is 0 Å². The maximum Gasteiger partial charge on any atom is 0.308 e. The molecule has 8 heteroatoms. The van der Waals surface area contributed by atoms with E-state index in [1.54, 1.807) is 7.11 Å². The molecule has 0 atom stereocenters. The number of piperazine rings is 1. The number of thiophene rings is 1. The SMILES string of the molecule is COc1ccc(Cn2nc(N3CCN(C)CC3)c3sc(OC(C)=O)cc32)cc1. The molecule has 1 aromatic carbocycles. The van der Waals surface area contributed by atoms with E-state index in [2.05, 4.69) is 16.8 Å². The minimum absolute atomic E-state index is 0.306. The van der Waals surface area contributed by atoms with Crippen LogP contribution in [0, 0.1) is 0 Å². The molecular weight excluding hydrogens is 376 g/mol. The Bertz CT molecular complexity index is 971. The molecule has 1 aliphatic rings. The maximum atomic E-state index is 11.4. The van der Waals surface area contributed by atoms with Gasteiger partial charge in [0.1, 0.15) is 10.4 Å². The van der Waals surface area contributed by atoms with Crippen LogP contribution in [0.5, 0.6) is 10.8 Å². The highest BCUT2D eigenvalue weighted by Crippen LogP contribution is 2.38. The van der Waals surface area contributed by atoms with Gasteiger partial charge < -0.3 is 19.3 Å². The standard InChI is InChI=1S/C20H24N4O3S/c1-14(25)27-18-12-17-19(28-18)20(23-10-8-22(2)9-11-23)21-24(17)13-15-4-6-16(26-3)7-5-15/h4-7,12H,8-11,13H2,1-3H3. The van der Waals surface area contributed by atoms with Crippen LogP contribution >= 0.6 is 11.3 Å². The molecule has 7 nitrogen and oxygen atoms in total. The van der Waals surface area contributed by atoms with E-state index in [0.29, 0.717) is 11.6 Å². The largest absolute Gasteiger partial charge is 0.497 e. The molecule has 2 aromatic heterocycles. The molecule has 1 fully saturated rings. The molecule has 1 aliphatic heterocycles. The third-order valence-corrected chi connectivity index (χ3v) is 5.92. The second-order valence-corrected chi connectivity index (χ2v) is 8.01. The highest BCUT2D eigenvalue weighted by molar-refractivity contribution is 7.21. The first-order valence-electron chi connectivity index (χ1n) is 9.28. The summed E-state index contributed by atoms with van der Waals surface area (Å²) in [5.74, 6) is 1.50. The molecule has 0 amide bonds. The molecule has 28 heavy (non-hydrogen) atoms. The van der Waals surface area contributed by atoms with Crippen molar-refractivity contribution < 1.29 is 14.3 Å². The van der Waals surface area contributed by atoms with Gasteiger partial charge in [-0.1, -0.05) is 23.5 Å². The number of carbonyl (C=O) groups excluding carboxylic acids is 1. The Hall–Kier alpha value is -2.58. The van der Waals surface area contributed by atoms with Crippen LogP contribution in [-0.2, 0) is 11.3 Å². The lowest BCUT2D eigenvalue weighted by atomic mass is 10.2. The lowest BCUT2D eigenvalue weighted by Crippen LogP contribution is -2.44. The first-order chi connectivity index (χ1) is 13.5. The Morgan fingerprint density at radius 3 is 2.54 bits per heavy atom. The number of hydrogen-bond acceptors (Lipinski definition) is 7. The van der Waals surface area contributed by atoms with Gasteiger partial charge in [-0.3, -0.25) is 9.48 Å². The molecule has 0 N–H and O–H groups in total. The van der Waals surface area contributed by atoms with Crippen molar-refractivity contribution in [3.8, 4) is 10.8 Å². The van der Waals surface area contributed by atoms with Crippen molar-refractivity contribution in [2.75, 3.05) is 45.2 Å². The van der Waals surface area contributed by atoms with Gasteiger partial charge in [0.15, 0.2) is 10.9 Å². The summed E-state index contributed by atoms with van der Waals surface area (Å²) < 4.78 is 13.6. The number of likely N-dealkylation sites (N-methyl/N-ethyl adjacent to an activating group) is 1. The van der Waals surface area contributed by atoms with E-state index in [4.69, 9.17) is 14.6 Å². The summed E-state index contributed by atoms with van der Waals surface area (Å²) in [7, 11) is 3.80. The van der Waals surface area contributed by atoms with Crippen molar-refractivity contribution in [2.24, 2.45) is 0 Å². The van der Waals surface area contributed by atoms with Gasteiger partial charge in [-0.25, -0.2) is 0 Å². The summed E-state index contributed by atoms with van der Waals surface area (Å²) in [6.45, 7) is 5.96. The van der Waals surface area contributed by atoms with Crippen LogP contribution in [0.1, 0.15) is 12.5 Å². The number of carbonyl (C=O) groups is 1. The maximum absolute atomic E-state index is 11.4. The Balaban J connectivity index is 1.69. The van der Waals surface area contributed by atoms with Crippen molar-refractivity contribution in [2.45, 2.75) is 13.5 Å². The number of ether oxygens (including phenoxy) is 2. The van der Waals surface area contributed by atoms with E-state index < -0.39 is 0 Å². The van der Waals surface area contributed by atoms with Gasteiger partial charge in [-0.2, -0.15) is 5.10 Å². The van der Waals surface area contributed by atoms with Crippen LogP contribution in [0.3, 0.4) is 0 Å². The Morgan fingerprint density at radius 1 is 1.18 bits per heavy atom. The normalized spacial score (nSPS) is 15.2. The molecule has 0 unspecified atom stereocenters. The van der Waals surface area contributed by atoms with E-state index >= 15 is 0 Å². The number of aromatic nitrogens is 2. The summed E-state index contributed by atoms with van der Waals surface area (Å²) in [6, 6.07) is 9.91. The lowest BCUT2D eigenvalue weighted by molar-refractivity contribution is -0.131. The number of esters is 1. The minimum atomic E-state index is -0.306. The monoisotopic (exact) mass is 400 g/mol. The quantitative estimate of drug-likeness (QED) is 0.614. The predicted molar refractivity (Wildman–Crippen MR) is 111 cm³/mol. The van der Waals surface area contributed by atoms with Crippen molar-refractivity contribution in [3.05, 3.63) is 35.9 Å². The summed E-state index contributed by atoms with van der Waals surface area (Å²) in [6.07, 6.45) is 0. The number of fused-ring (bicyclic) bond motifs is 1. The summed E-state index contributed by atoms with van der Waals surface area (Å²) in [4.78, 5) is 16.0. The van der Waals surface area contributed by atoms with Crippen LogP contribution in [0.15, 0.2) is 30.3 Å². The lowest BCUT2D eigenvalue weighted by Gasteiger charge is -2.32. The third kappa shape index (κ3) is 3.83. The zero-order valence-corrected chi connectivity index (χ0v) is 17.2. The van der Waals surface area contributed by atoms with Crippen LogP contribution in [0.2, 0.25) is 0 Å². The fourth-order valence-electron chi connectivity index (χ4n) is 3.37. The van der Waals surface area contributed by atoms with Gasteiger partial charge in [0.05, 0.1) is 19.2 Å². The van der Waals surface area contributed by atoms with E-state index in [1.807, 2.05) is 35.0 Å². The zero-order chi connectivity index (χ0) is 19.7. The molecule has 3 heterocycles. The van der Waals surface area contributed by atoms with Crippen LogP contribution in [0.4, 0.5) is 5.82 Å². The fourth-order valence-corrected chi connectivity index (χ4v) is 4.43. The van der Waals surface area contributed by atoms with Crippen molar-refractivity contribution >= 4 is 33.3 Å².